The molecule has 1 amide bonds. The second kappa shape index (κ2) is 12.2. The second-order valence-corrected chi connectivity index (χ2v) is 11.1. The third-order valence-corrected chi connectivity index (χ3v) is 8.31. The first kappa shape index (κ1) is 28.4. The maximum Gasteiger partial charge on any atom is 0.253 e. The quantitative estimate of drug-likeness (QED) is 0.206. The number of rotatable bonds is 6. The molecule has 3 aromatic rings. The van der Waals surface area contributed by atoms with E-state index in [0.29, 0.717) is 43.0 Å². The van der Waals surface area contributed by atoms with Crippen LogP contribution in [0.2, 0.25) is 0 Å². The Balaban J connectivity index is 1.22. The maximum atomic E-state index is 13.0. The van der Waals surface area contributed by atoms with Crippen LogP contribution in [0.5, 0.6) is 0 Å². The molecule has 0 saturated carbocycles. The van der Waals surface area contributed by atoms with Gasteiger partial charge >= 0.3 is 0 Å². The van der Waals surface area contributed by atoms with Gasteiger partial charge in [0.2, 0.25) is 0 Å². The standard InChI is InChI=1S/C31H40N8O2/c1-37-17-12-26(13-18-37)38(2)29(40)22-8-10-25(11-9-22)35-30(33)36-28-27(7-4-16-34-28)39-19-14-31(41,15-20-39)23-5-3-6-24(32)21-23/h3-11,16,21,26,41H,12-15,17-20,32H2,1-2H3,(H3,33,34,35,36). The summed E-state index contributed by atoms with van der Waals surface area (Å²) in [5.74, 6) is 0.717. The monoisotopic (exact) mass is 556 g/mol. The van der Waals surface area contributed by atoms with Crippen LogP contribution < -0.4 is 21.7 Å². The lowest BCUT2D eigenvalue weighted by Crippen LogP contribution is -2.44. The van der Waals surface area contributed by atoms with Crippen LogP contribution in [0.15, 0.2) is 71.9 Å². The number of nitrogens with two attached hydrogens (primary N) is 2. The van der Waals surface area contributed by atoms with E-state index >= 15 is 0 Å². The minimum atomic E-state index is -0.923. The van der Waals surface area contributed by atoms with Crippen LogP contribution in [0.3, 0.4) is 0 Å². The van der Waals surface area contributed by atoms with Gasteiger partial charge in [0.05, 0.1) is 11.3 Å². The number of nitrogens with zero attached hydrogens (tertiary/aromatic N) is 5. The fourth-order valence-electron chi connectivity index (χ4n) is 5.69. The summed E-state index contributed by atoms with van der Waals surface area (Å²) in [5.41, 5.74) is 15.0. The maximum absolute atomic E-state index is 13.0. The number of carbonyl (C=O) groups excluding carboxylic acids is 1. The number of amides is 1. The van der Waals surface area contributed by atoms with Crippen LogP contribution in [-0.2, 0) is 5.60 Å². The Hall–Kier alpha value is -4.15. The number of aliphatic imine (C=N–C) groups is 1. The van der Waals surface area contributed by atoms with Gasteiger partial charge in [-0.25, -0.2) is 4.98 Å². The lowest BCUT2D eigenvalue weighted by molar-refractivity contribution is 0.0118. The number of nitrogen functional groups attached to an aromatic ring is 1. The number of likely N-dealkylation sites (tertiary alicyclic amines) is 1. The van der Waals surface area contributed by atoms with Crippen molar-refractivity contribution < 1.29 is 9.90 Å². The number of anilines is 3. The molecule has 216 valence electrons. The molecule has 0 bridgehead atoms. The zero-order chi connectivity index (χ0) is 29.0. The highest BCUT2D eigenvalue weighted by Crippen LogP contribution is 2.37. The van der Waals surface area contributed by atoms with Gasteiger partial charge in [-0.1, -0.05) is 12.1 Å². The molecule has 10 heteroatoms. The molecule has 5 rings (SSSR count). The molecule has 0 aliphatic carbocycles. The number of aromatic nitrogens is 1. The molecule has 10 nitrogen and oxygen atoms in total. The lowest BCUT2D eigenvalue weighted by atomic mass is 9.84. The van der Waals surface area contributed by atoms with Gasteiger partial charge in [-0.05, 0) is 99.9 Å². The van der Waals surface area contributed by atoms with E-state index in [1.807, 2.05) is 72.6 Å². The lowest BCUT2D eigenvalue weighted by Gasteiger charge is -2.39. The van der Waals surface area contributed by atoms with Crippen LogP contribution in [0.4, 0.5) is 22.9 Å². The second-order valence-electron chi connectivity index (χ2n) is 11.1. The smallest absolute Gasteiger partial charge is 0.253 e. The number of nitrogens with one attached hydrogen (secondary N) is 1. The van der Waals surface area contributed by atoms with E-state index in [9.17, 15) is 9.90 Å². The summed E-state index contributed by atoms with van der Waals surface area (Å²) in [6, 6.07) is 18.8. The van der Waals surface area contributed by atoms with Crippen molar-refractivity contribution in [1.29, 1.82) is 0 Å². The molecule has 0 spiro atoms. The molecule has 2 aromatic carbocycles. The number of guanidine groups is 1. The number of piperidine rings is 2. The first-order valence-electron chi connectivity index (χ1n) is 14.2. The summed E-state index contributed by atoms with van der Waals surface area (Å²) in [7, 11) is 4.00. The van der Waals surface area contributed by atoms with E-state index < -0.39 is 5.60 Å². The van der Waals surface area contributed by atoms with E-state index in [0.717, 1.165) is 42.9 Å². The van der Waals surface area contributed by atoms with Crippen molar-refractivity contribution in [2.24, 2.45) is 10.7 Å². The van der Waals surface area contributed by atoms with Crippen LogP contribution in [0.1, 0.15) is 41.6 Å². The summed E-state index contributed by atoms with van der Waals surface area (Å²) in [6.07, 6.45) is 4.77. The third-order valence-electron chi connectivity index (χ3n) is 8.31. The summed E-state index contributed by atoms with van der Waals surface area (Å²) in [4.78, 5) is 28.4. The minimum absolute atomic E-state index is 0.0232. The van der Waals surface area contributed by atoms with E-state index in [-0.39, 0.29) is 17.9 Å². The molecule has 0 radical (unpaired) electrons. The largest absolute Gasteiger partial charge is 0.399 e. The Morgan fingerprint density at radius 2 is 1.78 bits per heavy atom. The van der Waals surface area contributed by atoms with Gasteiger partial charge in [0.1, 0.15) is 0 Å². The Morgan fingerprint density at radius 1 is 1.07 bits per heavy atom. The molecule has 2 aliphatic heterocycles. The molecule has 0 unspecified atom stereocenters. The highest BCUT2D eigenvalue weighted by Gasteiger charge is 2.35. The molecule has 3 heterocycles. The van der Waals surface area contributed by atoms with Crippen molar-refractivity contribution in [2.75, 3.05) is 56.2 Å². The van der Waals surface area contributed by atoms with Crippen LogP contribution in [-0.4, -0.2) is 78.1 Å². The van der Waals surface area contributed by atoms with E-state index in [4.69, 9.17) is 11.5 Å². The number of carbonyl (C=O) groups is 1. The van der Waals surface area contributed by atoms with Gasteiger partial charge < -0.3 is 36.6 Å². The number of hydrogen-bond acceptors (Lipinski definition) is 7. The number of benzene rings is 2. The predicted molar refractivity (Wildman–Crippen MR) is 164 cm³/mol. The molecule has 1 aromatic heterocycles. The van der Waals surface area contributed by atoms with Crippen LogP contribution >= 0.6 is 0 Å². The summed E-state index contributed by atoms with van der Waals surface area (Å²) < 4.78 is 0. The normalized spacial score (nSPS) is 18.2. The predicted octanol–water partition coefficient (Wildman–Crippen LogP) is 3.38. The van der Waals surface area contributed by atoms with E-state index in [1.54, 1.807) is 6.20 Å². The fraction of sp³-hybridized carbons (Fsp3) is 0.387. The minimum Gasteiger partial charge on any atom is -0.399 e. The average Bonchev–Trinajstić information content (AvgIpc) is 2.98. The topological polar surface area (TPSA) is 136 Å². The zero-order valence-corrected chi connectivity index (χ0v) is 23.8. The Labute approximate surface area is 241 Å². The van der Waals surface area contributed by atoms with Crippen molar-refractivity contribution in [1.82, 2.24) is 14.8 Å². The number of pyridine rings is 1. The number of aliphatic hydroxyl groups is 1. The Bertz CT molecular complexity index is 1380. The van der Waals surface area contributed by atoms with Crippen LogP contribution in [0.25, 0.3) is 0 Å². The Kier molecular flexibility index (Phi) is 8.41. The highest BCUT2D eigenvalue weighted by atomic mass is 16.3. The third kappa shape index (κ3) is 6.61. The summed E-state index contributed by atoms with van der Waals surface area (Å²) >= 11 is 0. The molecule has 2 fully saturated rings. The fourth-order valence-corrected chi connectivity index (χ4v) is 5.69. The van der Waals surface area contributed by atoms with Gasteiger partial charge in [-0.2, -0.15) is 4.99 Å². The van der Waals surface area contributed by atoms with Crippen molar-refractivity contribution in [2.45, 2.75) is 37.3 Å². The molecular weight excluding hydrogens is 516 g/mol. The molecular formula is C31H40N8O2. The summed E-state index contributed by atoms with van der Waals surface area (Å²) in [6.45, 7) is 3.28. The van der Waals surface area contributed by atoms with E-state index in [1.165, 1.54) is 0 Å². The summed E-state index contributed by atoms with van der Waals surface area (Å²) in [5, 5.41) is 14.4. The molecule has 2 aliphatic rings. The Morgan fingerprint density at radius 3 is 2.46 bits per heavy atom. The molecule has 6 N–H and O–H groups in total. The highest BCUT2D eigenvalue weighted by molar-refractivity contribution is 5.97. The van der Waals surface area contributed by atoms with Crippen molar-refractivity contribution in [3.63, 3.8) is 0 Å². The van der Waals surface area contributed by atoms with Gasteiger partial charge in [0, 0.05) is 49.3 Å². The number of hydrogen-bond donors (Lipinski definition) is 4. The van der Waals surface area contributed by atoms with Gasteiger partial charge in [-0.3, -0.25) is 4.79 Å². The first-order valence-corrected chi connectivity index (χ1v) is 14.2. The van der Waals surface area contributed by atoms with Gasteiger partial charge in [0.25, 0.3) is 5.91 Å². The SMILES string of the molecule is CN1CCC(N(C)C(=O)c2ccc(N/C(N)=N/c3ncccc3N3CCC(O)(c4cccc(N)c4)CC3)cc2)CC1. The molecule has 2 saturated heterocycles. The first-order chi connectivity index (χ1) is 19.7. The molecule has 41 heavy (non-hydrogen) atoms. The van der Waals surface area contributed by atoms with Crippen molar-refractivity contribution in [3.8, 4) is 0 Å². The average molecular weight is 557 g/mol. The van der Waals surface area contributed by atoms with Crippen molar-refractivity contribution >= 4 is 34.7 Å². The molecule has 0 atom stereocenters. The van der Waals surface area contributed by atoms with Gasteiger partial charge in [0.15, 0.2) is 11.8 Å². The van der Waals surface area contributed by atoms with E-state index in [2.05, 4.69) is 32.1 Å². The van der Waals surface area contributed by atoms with Crippen molar-refractivity contribution in [3.05, 3.63) is 78.0 Å². The van der Waals surface area contributed by atoms with Gasteiger partial charge in [-0.15, -0.1) is 0 Å². The van der Waals surface area contributed by atoms with Crippen LogP contribution in [0, 0.1) is 0 Å². The zero-order valence-electron chi connectivity index (χ0n) is 23.8.